The highest BCUT2D eigenvalue weighted by atomic mass is 16.1. The summed E-state index contributed by atoms with van der Waals surface area (Å²) in [5.41, 5.74) is 7.96. The second-order valence-electron chi connectivity index (χ2n) is 4.30. The Kier molecular flexibility index (Phi) is 7.26. The van der Waals surface area contributed by atoms with Gasteiger partial charge in [0.25, 0.3) is 5.91 Å². The Morgan fingerprint density at radius 3 is 2.85 bits per heavy atom. The minimum absolute atomic E-state index is 0.200. The van der Waals surface area contributed by atoms with Crippen molar-refractivity contribution < 1.29 is 4.79 Å². The summed E-state index contributed by atoms with van der Waals surface area (Å²) in [6.07, 6.45) is 3.45. The summed E-state index contributed by atoms with van der Waals surface area (Å²) < 4.78 is 0. The maximum Gasteiger partial charge on any atom is 0.269 e. The zero-order valence-electron chi connectivity index (χ0n) is 12.1. The first-order valence-corrected chi connectivity index (χ1v) is 6.87. The number of hydrogen-bond acceptors (Lipinski definition) is 5. The second kappa shape index (κ2) is 9.03. The van der Waals surface area contributed by atoms with Gasteiger partial charge in [-0.15, -0.1) is 0 Å². The van der Waals surface area contributed by atoms with Crippen LogP contribution in [0.15, 0.2) is 16.7 Å². The van der Waals surface area contributed by atoms with E-state index in [1.54, 1.807) is 0 Å². The highest BCUT2D eigenvalue weighted by molar-refractivity contribution is 5.95. The average molecular weight is 281 g/mol. The fourth-order valence-corrected chi connectivity index (χ4v) is 1.76. The number of carbonyl (C=O) groups is 1. The lowest BCUT2D eigenvalue weighted by Gasteiger charge is -2.16. The zero-order chi connectivity index (χ0) is 14.8. The van der Waals surface area contributed by atoms with Crippen molar-refractivity contribution >= 4 is 11.7 Å². The summed E-state index contributed by atoms with van der Waals surface area (Å²) in [5, 5.41) is 7.77. The lowest BCUT2D eigenvalue weighted by atomic mass is 10.3. The number of unbranched alkanes of at least 4 members (excludes halogenated alkanes) is 1. The highest BCUT2D eigenvalue weighted by Gasteiger charge is 2.09. The van der Waals surface area contributed by atoms with Gasteiger partial charge in [-0.05, 0) is 32.5 Å². The van der Waals surface area contributed by atoms with Gasteiger partial charge in [0, 0.05) is 0 Å². The molecule has 0 saturated carbocycles. The van der Waals surface area contributed by atoms with Gasteiger partial charge < -0.3 is 15.6 Å². The van der Waals surface area contributed by atoms with E-state index in [0.717, 1.165) is 32.5 Å². The normalized spacial score (nSPS) is 11.3. The third-order valence-electron chi connectivity index (χ3n) is 2.99. The largest absolute Gasteiger partial charge is 0.364 e. The van der Waals surface area contributed by atoms with Gasteiger partial charge in [-0.1, -0.05) is 19.1 Å². The average Bonchev–Trinajstić information content (AvgIpc) is 2.90. The predicted octanol–water partition coefficient (Wildman–Crippen LogP) is 1.41. The van der Waals surface area contributed by atoms with Crippen LogP contribution < -0.4 is 11.2 Å². The fraction of sp³-hybridized carbons (Fsp3) is 0.667. The molecule has 0 bridgehead atoms. The van der Waals surface area contributed by atoms with Crippen molar-refractivity contribution in [3.63, 3.8) is 0 Å². The van der Waals surface area contributed by atoms with Crippen molar-refractivity contribution in [2.75, 3.05) is 31.6 Å². The van der Waals surface area contributed by atoms with Gasteiger partial charge in [-0.25, -0.2) is 10.4 Å². The summed E-state index contributed by atoms with van der Waals surface area (Å²) >= 11 is 0. The summed E-state index contributed by atoms with van der Waals surface area (Å²) in [4.78, 5) is 19.9. The smallest absolute Gasteiger partial charge is 0.269 e. The molecule has 0 fully saturated rings. The van der Waals surface area contributed by atoms with Gasteiger partial charge in [0.2, 0.25) is 0 Å². The molecule has 4 N–H and O–H groups in total. The van der Waals surface area contributed by atoms with Crippen LogP contribution in [0.3, 0.4) is 0 Å². The molecule has 8 nitrogen and oxygen atoms in total. The van der Waals surface area contributed by atoms with Gasteiger partial charge in [-0.2, -0.15) is 5.11 Å². The number of aromatic amines is 1. The molecule has 112 valence electrons. The van der Waals surface area contributed by atoms with E-state index in [1.165, 1.54) is 6.33 Å². The molecule has 0 aliphatic heterocycles. The van der Waals surface area contributed by atoms with Crippen molar-refractivity contribution in [1.82, 2.24) is 14.9 Å². The van der Waals surface area contributed by atoms with Crippen molar-refractivity contribution in [3.8, 4) is 0 Å². The molecule has 1 heterocycles. The van der Waals surface area contributed by atoms with E-state index >= 15 is 0 Å². The molecule has 0 radical (unpaired) electrons. The van der Waals surface area contributed by atoms with Crippen LogP contribution in [0.1, 0.15) is 37.2 Å². The number of hydrogen-bond donors (Lipinski definition) is 3. The van der Waals surface area contributed by atoms with Crippen molar-refractivity contribution in [2.45, 2.75) is 26.7 Å². The van der Waals surface area contributed by atoms with Gasteiger partial charge in [0.05, 0.1) is 12.9 Å². The van der Waals surface area contributed by atoms with E-state index < -0.39 is 5.91 Å². The number of nitrogens with one attached hydrogen (secondary N) is 2. The molecular formula is C12H23N7O. The Morgan fingerprint density at radius 1 is 1.45 bits per heavy atom. The van der Waals surface area contributed by atoms with Gasteiger partial charge in [-0.3, -0.25) is 4.79 Å². The molecule has 0 aliphatic rings. The molecule has 0 unspecified atom stereocenters. The van der Waals surface area contributed by atoms with Crippen LogP contribution in [-0.2, 0) is 0 Å². The summed E-state index contributed by atoms with van der Waals surface area (Å²) in [7, 11) is 0. The van der Waals surface area contributed by atoms with Gasteiger partial charge in [0.1, 0.15) is 5.69 Å². The number of carbonyl (C=O) groups excluding carboxylic acids is 1. The third-order valence-corrected chi connectivity index (χ3v) is 2.99. The summed E-state index contributed by atoms with van der Waals surface area (Å²) in [5.74, 6) is -0.288. The molecule has 1 rings (SSSR count). The Hall–Kier alpha value is -1.96. The Labute approximate surface area is 118 Å². The number of primary amides is 1. The number of nitrogens with two attached hydrogens (primary N) is 1. The molecule has 0 atom stereocenters. The minimum Gasteiger partial charge on any atom is -0.364 e. The first kappa shape index (κ1) is 16.1. The maximum atomic E-state index is 11.0. The van der Waals surface area contributed by atoms with Crippen LogP contribution in [0.4, 0.5) is 5.82 Å². The molecule has 1 aromatic heterocycles. The number of imidazole rings is 1. The van der Waals surface area contributed by atoms with E-state index in [-0.39, 0.29) is 5.69 Å². The Balaban J connectivity index is 2.19. The topological polar surface area (TPSA) is 112 Å². The van der Waals surface area contributed by atoms with Gasteiger partial charge in [0.15, 0.2) is 5.82 Å². The number of rotatable bonds is 10. The number of nitrogens with zero attached hydrogens (tertiary/aromatic N) is 4. The number of H-pyrrole nitrogens is 1. The van der Waals surface area contributed by atoms with Gasteiger partial charge >= 0.3 is 0 Å². The van der Waals surface area contributed by atoms with Crippen molar-refractivity contribution in [2.24, 2.45) is 16.1 Å². The molecule has 20 heavy (non-hydrogen) atoms. The molecule has 8 heteroatoms. The lowest BCUT2D eigenvalue weighted by Crippen LogP contribution is -2.23. The quantitative estimate of drug-likeness (QED) is 0.342. The third kappa shape index (κ3) is 5.35. The lowest BCUT2D eigenvalue weighted by molar-refractivity contribution is 0.0997. The van der Waals surface area contributed by atoms with Crippen LogP contribution >= 0.6 is 0 Å². The fourth-order valence-electron chi connectivity index (χ4n) is 1.76. The number of amides is 1. The molecule has 0 spiro atoms. The second-order valence-corrected chi connectivity index (χ2v) is 4.30. The SMILES string of the molecule is CCN(CC)CCCCN=NNc1nc[nH]c1C(N)=O. The standard InChI is InChI=1S/C12H23N7O/c1-3-19(4-2)8-6-5-7-16-18-17-12-10(11(13)20)14-9-15-12/h9H,3-8H2,1-2H3,(H2,13,20)(H,14,15)(H,16,17). The minimum atomic E-state index is -0.584. The monoisotopic (exact) mass is 281 g/mol. The molecular weight excluding hydrogens is 258 g/mol. The number of aromatic nitrogens is 2. The van der Waals surface area contributed by atoms with E-state index in [2.05, 4.69) is 44.5 Å². The summed E-state index contributed by atoms with van der Waals surface area (Å²) in [6, 6.07) is 0. The maximum absolute atomic E-state index is 11.0. The highest BCUT2D eigenvalue weighted by Crippen LogP contribution is 2.08. The molecule has 0 aliphatic carbocycles. The van der Waals surface area contributed by atoms with Crippen LogP contribution in [0.25, 0.3) is 0 Å². The van der Waals surface area contributed by atoms with E-state index in [9.17, 15) is 4.79 Å². The van der Waals surface area contributed by atoms with Crippen molar-refractivity contribution in [1.29, 1.82) is 0 Å². The number of anilines is 1. The Morgan fingerprint density at radius 2 is 2.20 bits per heavy atom. The van der Waals surface area contributed by atoms with Crippen LogP contribution in [0, 0.1) is 0 Å². The predicted molar refractivity (Wildman–Crippen MR) is 77.5 cm³/mol. The zero-order valence-corrected chi connectivity index (χ0v) is 12.1. The first-order chi connectivity index (χ1) is 9.69. The van der Waals surface area contributed by atoms with Crippen LogP contribution in [-0.4, -0.2) is 47.0 Å². The van der Waals surface area contributed by atoms with E-state index in [1.807, 2.05) is 0 Å². The first-order valence-electron chi connectivity index (χ1n) is 6.87. The van der Waals surface area contributed by atoms with E-state index in [4.69, 9.17) is 5.73 Å². The van der Waals surface area contributed by atoms with Crippen LogP contribution in [0.2, 0.25) is 0 Å². The van der Waals surface area contributed by atoms with Crippen LogP contribution in [0.5, 0.6) is 0 Å². The van der Waals surface area contributed by atoms with E-state index in [0.29, 0.717) is 12.4 Å². The molecule has 1 amide bonds. The molecule has 0 saturated heterocycles. The molecule has 1 aromatic rings. The Bertz CT molecular complexity index is 425. The summed E-state index contributed by atoms with van der Waals surface area (Å²) in [6.45, 7) is 8.20. The molecule has 0 aromatic carbocycles. The van der Waals surface area contributed by atoms with Crippen molar-refractivity contribution in [3.05, 3.63) is 12.0 Å².